The maximum absolute atomic E-state index is 14.5. The zero-order valence-electron chi connectivity index (χ0n) is 19.2. The van der Waals surface area contributed by atoms with Crippen LogP contribution in [0, 0.1) is 12.7 Å². The van der Waals surface area contributed by atoms with E-state index in [0.717, 1.165) is 46.3 Å². The number of nitrogens with zero attached hydrogens (tertiary/aromatic N) is 3. The molecule has 6 nitrogen and oxygen atoms in total. The first-order valence-corrected chi connectivity index (χ1v) is 11.7. The molecular formula is C27H26FN5O. The third kappa shape index (κ3) is 3.34. The lowest BCUT2D eigenvalue weighted by atomic mass is 9.92. The van der Waals surface area contributed by atoms with Gasteiger partial charge in [-0.1, -0.05) is 29.8 Å². The molecule has 2 fully saturated rings. The first-order valence-electron chi connectivity index (χ1n) is 11.7. The van der Waals surface area contributed by atoms with Gasteiger partial charge in [-0.15, -0.1) is 0 Å². The zero-order chi connectivity index (χ0) is 23.6. The Morgan fingerprint density at radius 3 is 2.56 bits per heavy atom. The number of halogens is 1. The molecule has 4 aromatic rings. The summed E-state index contributed by atoms with van der Waals surface area (Å²) >= 11 is 0. The number of nitrogens with one attached hydrogen (secondary N) is 1. The van der Waals surface area contributed by atoms with Crippen molar-refractivity contribution >= 4 is 28.4 Å². The van der Waals surface area contributed by atoms with Gasteiger partial charge < -0.3 is 11.1 Å². The molecule has 7 heteroatoms. The molecule has 2 aliphatic carbocycles. The van der Waals surface area contributed by atoms with Crippen molar-refractivity contribution in [3.05, 3.63) is 71.2 Å². The molecule has 0 bridgehead atoms. The molecule has 6 rings (SSSR count). The average Bonchev–Trinajstić information content (AvgIpc) is 3.74. The van der Waals surface area contributed by atoms with Crippen LogP contribution in [0.2, 0.25) is 0 Å². The lowest BCUT2D eigenvalue weighted by Gasteiger charge is -2.17. The maximum Gasteiger partial charge on any atom is 0.235 e. The molecule has 1 amide bonds. The summed E-state index contributed by atoms with van der Waals surface area (Å²) in [5, 5.41) is 8.22. The molecule has 3 N–H and O–H groups in total. The smallest absolute Gasteiger partial charge is 0.235 e. The van der Waals surface area contributed by atoms with Crippen LogP contribution in [0.4, 0.5) is 15.9 Å². The number of carbonyl (C=O) groups is 1. The number of fused-ring (bicyclic) bond motifs is 1. The van der Waals surface area contributed by atoms with Crippen LogP contribution in [0.3, 0.4) is 0 Å². The number of hydrogen-bond acceptors (Lipinski definition) is 4. The third-order valence-corrected chi connectivity index (χ3v) is 7.11. The fraction of sp³-hybridized carbons (Fsp3) is 0.296. The van der Waals surface area contributed by atoms with E-state index >= 15 is 0 Å². The number of benzene rings is 2. The molecule has 2 aromatic carbocycles. The molecule has 0 unspecified atom stereocenters. The van der Waals surface area contributed by atoms with Crippen molar-refractivity contribution in [3.8, 4) is 11.1 Å². The van der Waals surface area contributed by atoms with Gasteiger partial charge in [0.1, 0.15) is 5.82 Å². The number of nitrogen functional groups attached to an aromatic ring is 1. The highest BCUT2D eigenvalue weighted by Gasteiger charge is 2.52. The van der Waals surface area contributed by atoms with E-state index in [2.05, 4.69) is 16.5 Å². The summed E-state index contributed by atoms with van der Waals surface area (Å²) in [4.78, 5) is 18.0. The fourth-order valence-corrected chi connectivity index (χ4v) is 4.85. The summed E-state index contributed by atoms with van der Waals surface area (Å²) < 4.78 is 16.2. The van der Waals surface area contributed by atoms with Crippen molar-refractivity contribution in [1.29, 1.82) is 0 Å². The topological polar surface area (TPSA) is 85.8 Å². The number of carbonyl (C=O) groups excluding carboxylic acids is 1. The van der Waals surface area contributed by atoms with Crippen molar-refractivity contribution in [3.63, 3.8) is 0 Å². The van der Waals surface area contributed by atoms with Gasteiger partial charge in [-0.05, 0) is 68.0 Å². The summed E-state index contributed by atoms with van der Waals surface area (Å²) in [6.45, 7) is 1.91. The van der Waals surface area contributed by atoms with Gasteiger partial charge in [0.15, 0.2) is 11.5 Å². The Hall–Kier alpha value is -3.74. The number of aromatic nitrogens is 3. The number of nitrogens with two attached hydrogens (primary N) is 1. The Bertz CT molecular complexity index is 1450. The van der Waals surface area contributed by atoms with Crippen molar-refractivity contribution < 1.29 is 9.18 Å². The molecule has 0 aliphatic heterocycles. The molecule has 2 aromatic heterocycles. The van der Waals surface area contributed by atoms with E-state index in [4.69, 9.17) is 10.7 Å². The van der Waals surface area contributed by atoms with E-state index in [1.165, 1.54) is 6.07 Å². The predicted molar refractivity (Wildman–Crippen MR) is 131 cm³/mol. The van der Waals surface area contributed by atoms with Crippen LogP contribution >= 0.6 is 0 Å². The van der Waals surface area contributed by atoms with Gasteiger partial charge in [0.2, 0.25) is 5.91 Å². The third-order valence-electron chi connectivity index (χ3n) is 7.11. The van der Waals surface area contributed by atoms with E-state index in [1.54, 1.807) is 16.8 Å². The van der Waals surface area contributed by atoms with Crippen molar-refractivity contribution in [2.75, 3.05) is 11.1 Å². The van der Waals surface area contributed by atoms with Crippen LogP contribution in [-0.4, -0.2) is 20.7 Å². The van der Waals surface area contributed by atoms with Crippen LogP contribution in [-0.2, 0) is 17.3 Å². The van der Waals surface area contributed by atoms with Gasteiger partial charge >= 0.3 is 0 Å². The Kier molecular flexibility index (Phi) is 4.52. The van der Waals surface area contributed by atoms with Gasteiger partial charge in [-0.2, -0.15) is 5.10 Å². The fourth-order valence-electron chi connectivity index (χ4n) is 4.85. The number of pyridine rings is 1. The number of hydrogen-bond donors (Lipinski definition) is 2. The largest absolute Gasteiger partial charge is 0.382 e. The summed E-state index contributed by atoms with van der Waals surface area (Å²) in [5.41, 5.74) is 11.4. The minimum atomic E-state index is -0.782. The lowest BCUT2D eigenvalue weighted by Crippen LogP contribution is -2.28. The summed E-state index contributed by atoms with van der Waals surface area (Å²) in [6, 6.07) is 14.8. The van der Waals surface area contributed by atoms with Crippen LogP contribution < -0.4 is 11.1 Å². The Morgan fingerprint density at radius 2 is 1.88 bits per heavy atom. The first kappa shape index (κ1) is 20.8. The van der Waals surface area contributed by atoms with E-state index in [0.29, 0.717) is 35.8 Å². The molecule has 172 valence electrons. The van der Waals surface area contributed by atoms with E-state index in [-0.39, 0.29) is 11.7 Å². The van der Waals surface area contributed by atoms with Crippen molar-refractivity contribution in [1.82, 2.24) is 14.8 Å². The van der Waals surface area contributed by atoms with Crippen molar-refractivity contribution in [2.24, 2.45) is 7.05 Å². The van der Waals surface area contributed by atoms with Crippen LogP contribution in [0.15, 0.2) is 48.5 Å². The van der Waals surface area contributed by atoms with Crippen LogP contribution in [0.1, 0.15) is 48.4 Å². The molecule has 2 aliphatic rings. The second-order valence-electron chi connectivity index (χ2n) is 9.67. The summed E-state index contributed by atoms with van der Waals surface area (Å²) in [5.74, 6) is 0.463. The SMILES string of the molecule is Cc1ccc(F)c(C2(C(=O)Nc3ccc(-c4cc(C5CC5)nc5c4c(N)nn5C)cc3)CC2)c1. The molecule has 2 heterocycles. The summed E-state index contributed by atoms with van der Waals surface area (Å²) in [7, 11) is 1.86. The monoisotopic (exact) mass is 455 g/mol. The van der Waals surface area contributed by atoms with Crippen LogP contribution in [0.25, 0.3) is 22.2 Å². The highest BCUT2D eigenvalue weighted by atomic mass is 19.1. The predicted octanol–water partition coefficient (Wildman–Crippen LogP) is 5.21. The summed E-state index contributed by atoms with van der Waals surface area (Å²) in [6.07, 6.45) is 3.60. The molecule has 0 spiro atoms. The quantitative estimate of drug-likeness (QED) is 0.432. The van der Waals surface area contributed by atoms with E-state index in [1.807, 2.05) is 38.2 Å². The molecule has 0 atom stereocenters. The van der Waals surface area contributed by atoms with Gasteiger partial charge in [-0.25, -0.2) is 14.1 Å². The highest BCUT2D eigenvalue weighted by molar-refractivity contribution is 6.03. The first-order chi connectivity index (χ1) is 16.4. The number of rotatable bonds is 5. The minimum absolute atomic E-state index is 0.163. The molecule has 0 saturated heterocycles. The molecule has 0 radical (unpaired) electrons. The molecular weight excluding hydrogens is 429 g/mol. The minimum Gasteiger partial charge on any atom is -0.382 e. The Morgan fingerprint density at radius 1 is 1.15 bits per heavy atom. The normalized spacial score (nSPS) is 16.6. The number of anilines is 2. The van der Waals surface area contributed by atoms with Gasteiger partial charge in [0, 0.05) is 29.9 Å². The number of aryl methyl sites for hydroxylation is 2. The number of amides is 1. The molecule has 2 saturated carbocycles. The second-order valence-corrected chi connectivity index (χ2v) is 9.67. The van der Waals surface area contributed by atoms with E-state index < -0.39 is 5.41 Å². The van der Waals surface area contributed by atoms with Gasteiger partial charge in [-0.3, -0.25) is 4.79 Å². The lowest BCUT2D eigenvalue weighted by molar-refractivity contribution is -0.118. The van der Waals surface area contributed by atoms with E-state index in [9.17, 15) is 9.18 Å². The second kappa shape index (κ2) is 7.38. The Balaban J connectivity index is 1.31. The Labute approximate surface area is 197 Å². The van der Waals surface area contributed by atoms with Crippen molar-refractivity contribution in [2.45, 2.75) is 43.9 Å². The average molecular weight is 456 g/mol. The van der Waals surface area contributed by atoms with Crippen LogP contribution in [0.5, 0.6) is 0 Å². The van der Waals surface area contributed by atoms with Gasteiger partial charge in [0.25, 0.3) is 0 Å². The van der Waals surface area contributed by atoms with Gasteiger partial charge in [0.05, 0.1) is 10.8 Å². The zero-order valence-corrected chi connectivity index (χ0v) is 19.2. The standard InChI is InChI=1S/C27H26FN5O/c1-15-3-10-21(28)20(13-15)27(11-12-27)26(34)30-18-8-6-16(7-9-18)19-14-22(17-4-5-17)31-25-23(19)24(29)32-33(25)2/h3,6-10,13-14,17H,4-5,11-12H2,1-2H3,(H2,29,32)(H,30,34). The maximum atomic E-state index is 14.5. The highest BCUT2D eigenvalue weighted by Crippen LogP contribution is 2.50. The molecule has 34 heavy (non-hydrogen) atoms.